The van der Waals surface area contributed by atoms with Gasteiger partial charge in [0.2, 0.25) is 0 Å². The molecule has 4 heteroatoms. The Bertz CT molecular complexity index is 517. The van der Waals surface area contributed by atoms with Gasteiger partial charge in [-0.15, -0.1) is 0 Å². The molecule has 0 aliphatic heterocycles. The molecule has 2 aromatic rings. The first-order chi connectivity index (χ1) is 8.33. The first-order valence-corrected chi connectivity index (χ1v) is 6.64. The quantitative estimate of drug-likeness (QED) is 0.939. The summed E-state index contributed by atoms with van der Waals surface area (Å²) in [6, 6.07) is 8.84. The zero-order valence-electron chi connectivity index (χ0n) is 9.44. The van der Waals surface area contributed by atoms with Gasteiger partial charge in [0.1, 0.15) is 0 Å². The zero-order valence-corrected chi connectivity index (χ0v) is 11.0. The third-order valence-electron chi connectivity index (χ3n) is 2.91. The van der Waals surface area contributed by atoms with Crippen molar-refractivity contribution in [2.75, 3.05) is 0 Å². The lowest BCUT2D eigenvalue weighted by molar-refractivity contribution is 0.687. The molecule has 1 aliphatic carbocycles. The van der Waals surface area contributed by atoms with Gasteiger partial charge < -0.3 is 5.32 Å². The predicted molar refractivity (Wildman–Crippen MR) is 71.1 cm³/mol. The molecule has 1 heterocycles. The largest absolute Gasteiger partial charge is 0.310 e. The van der Waals surface area contributed by atoms with Gasteiger partial charge in [0, 0.05) is 28.8 Å². The second kappa shape index (κ2) is 4.63. The second-order valence-corrected chi connectivity index (χ2v) is 5.25. The highest BCUT2D eigenvalue weighted by Crippen LogP contribution is 2.21. The van der Waals surface area contributed by atoms with Crippen LogP contribution in [0.1, 0.15) is 18.4 Å². The molecule has 0 bridgehead atoms. The first kappa shape index (κ1) is 11.0. The summed E-state index contributed by atoms with van der Waals surface area (Å²) in [5.74, 6) is 0. The number of benzene rings is 1. The van der Waals surface area contributed by atoms with Crippen LogP contribution >= 0.6 is 15.9 Å². The van der Waals surface area contributed by atoms with Crippen LogP contribution < -0.4 is 5.32 Å². The van der Waals surface area contributed by atoms with Crippen LogP contribution in [0.4, 0.5) is 0 Å². The molecule has 0 saturated heterocycles. The van der Waals surface area contributed by atoms with E-state index >= 15 is 0 Å². The van der Waals surface area contributed by atoms with Crippen LogP contribution in [0, 0.1) is 0 Å². The summed E-state index contributed by atoms with van der Waals surface area (Å²) in [5, 5.41) is 7.88. The third kappa shape index (κ3) is 2.58. The lowest BCUT2D eigenvalue weighted by Gasteiger charge is -2.03. The molecule has 3 rings (SSSR count). The number of nitrogens with one attached hydrogen (secondary N) is 1. The summed E-state index contributed by atoms with van der Waals surface area (Å²) in [6.07, 6.45) is 6.64. The number of aromatic nitrogens is 2. The van der Waals surface area contributed by atoms with Gasteiger partial charge in [-0.25, -0.2) is 4.68 Å². The summed E-state index contributed by atoms with van der Waals surface area (Å²) in [6.45, 7) is 0.912. The molecule has 0 unspecified atom stereocenters. The Morgan fingerprint density at radius 2 is 2.18 bits per heavy atom. The van der Waals surface area contributed by atoms with Crippen molar-refractivity contribution in [2.24, 2.45) is 0 Å². The van der Waals surface area contributed by atoms with Crippen molar-refractivity contribution in [3.63, 3.8) is 0 Å². The lowest BCUT2D eigenvalue weighted by atomic mass is 10.3. The third-order valence-corrected chi connectivity index (χ3v) is 3.58. The highest BCUT2D eigenvalue weighted by Gasteiger charge is 2.20. The number of halogens is 1. The molecule has 1 saturated carbocycles. The molecule has 1 aromatic carbocycles. The molecule has 1 N–H and O–H groups in total. The van der Waals surface area contributed by atoms with Crippen LogP contribution in [0.5, 0.6) is 0 Å². The van der Waals surface area contributed by atoms with Crippen LogP contribution in [-0.2, 0) is 6.54 Å². The fourth-order valence-corrected chi connectivity index (χ4v) is 2.24. The van der Waals surface area contributed by atoms with Gasteiger partial charge in [0.15, 0.2) is 0 Å². The Morgan fingerprint density at radius 1 is 1.35 bits per heavy atom. The van der Waals surface area contributed by atoms with Crippen LogP contribution in [0.15, 0.2) is 41.1 Å². The van der Waals surface area contributed by atoms with E-state index in [-0.39, 0.29) is 0 Å². The lowest BCUT2D eigenvalue weighted by Crippen LogP contribution is -2.14. The molecule has 3 nitrogen and oxygen atoms in total. The van der Waals surface area contributed by atoms with Gasteiger partial charge in [-0.3, -0.25) is 0 Å². The molecular formula is C13H14BrN3. The molecule has 17 heavy (non-hydrogen) atoms. The molecule has 1 aromatic heterocycles. The number of hydrogen-bond acceptors (Lipinski definition) is 2. The fourth-order valence-electron chi connectivity index (χ4n) is 1.77. The Hall–Kier alpha value is -1.13. The van der Waals surface area contributed by atoms with Crippen LogP contribution in [0.2, 0.25) is 0 Å². The van der Waals surface area contributed by atoms with Gasteiger partial charge in [-0.05, 0) is 40.9 Å². The summed E-state index contributed by atoms with van der Waals surface area (Å²) in [5.41, 5.74) is 2.30. The maximum Gasteiger partial charge on any atom is 0.0787 e. The van der Waals surface area contributed by atoms with Crippen LogP contribution in [0.25, 0.3) is 5.69 Å². The van der Waals surface area contributed by atoms with Crippen LogP contribution in [0.3, 0.4) is 0 Å². The summed E-state index contributed by atoms with van der Waals surface area (Å²) >= 11 is 3.54. The molecular weight excluding hydrogens is 278 g/mol. The first-order valence-electron chi connectivity index (χ1n) is 5.85. The average Bonchev–Trinajstić information content (AvgIpc) is 3.06. The molecule has 1 aliphatic rings. The van der Waals surface area contributed by atoms with E-state index in [1.165, 1.54) is 18.4 Å². The van der Waals surface area contributed by atoms with Crippen molar-refractivity contribution in [1.82, 2.24) is 15.1 Å². The van der Waals surface area contributed by atoms with Crippen LogP contribution in [-0.4, -0.2) is 15.8 Å². The van der Waals surface area contributed by atoms with Crippen molar-refractivity contribution < 1.29 is 0 Å². The van der Waals surface area contributed by atoms with Gasteiger partial charge in [-0.2, -0.15) is 5.10 Å². The van der Waals surface area contributed by atoms with E-state index in [4.69, 9.17) is 0 Å². The number of hydrogen-bond donors (Lipinski definition) is 1. The summed E-state index contributed by atoms with van der Waals surface area (Å²) in [7, 11) is 0. The van der Waals surface area contributed by atoms with E-state index in [9.17, 15) is 0 Å². The second-order valence-electron chi connectivity index (χ2n) is 4.40. The van der Waals surface area contributed by atoms with Gasteiger partial charge >= 0.3 is 0 Å². The smallest absolute Gasteiger partial charge is 0.0787 e. The van der Waals surface area contributed by atoms with E-state index in [2.05, 4.69) is 38.6 Å². The maximum absolute atomic E-state index is 4.39. The minimum absolute atomic E-state index is 0.738. The zero-order chi connectivity index (χ0) is 11.7. The Kier molecular flexibility index (Phi) is 2.99. The molecule has 1 fully saturated rings. The van der Waals surface area contributed by atoms with E-state index in [0.29, 0.717) is 0 Å². The Balaban J connectivity index is 1.77. The van der Waals surface area contributed by atoms with Crippen molar-refractivity contribution in [1.29, 1.82) is 0 Å². The average molecular weight is 292 g/mol. The number of para-hydroxylation sites is 1. The SMILES string of the molecule is Brc1ccccc1-n1cc(CNC2CC2)cn1. The van der Waals surface area contributed by atoms with E-state index in [1.807, 2.05) is 29.1 Å². The molecule has 88 valence electrons. The highest BCUT2D eigenvalue weighted by atomic mass is 79.9. The fraction of sp³-hybridized carbons (Fsp3) is 0.308. The van der Waals surface area contributed by atoms with Gasteiger partial charge in [0.25, 0.3) is 0 Å². The summed E-state index contributed by atoms with van der Waals surface area (Å²) in [4.78, 5) is 0. The van der Waals surface area contributed by atoms with E-state index < -0.39 is 0 Å². The van der Waals surface area contributed by atoms with Crippen molar-refractivity contribution >= 4 is 15.9 Å². The topological polar surface area (TPSA) is 29.9 Å². The monoisotopic (exact) mass is 291 g/mol. The van der Waals surface area contributed by atoms with E-state index in [1.54, 1.807) is 0 Å². The normalized spacial score (nSPS) is 15.1. The standard InChI is InChI=1S/C13H14BrN3/c14-12-3-1-2-4-13(12)17-9-10(8-16-17)7-15-11-5-6-11/h1-4,8-9,11,15H,5-7H2. The maximum atomic E-state index is 4.39. The minimum atomic E-state index is 0.738. The van der Waals surface area contributed by atoms with Crippen molar-refractivity contribution in [3.8, 4) is 5.69 Å². The Morgan fingerprint density at radius 3 is 2.94 bits per heavy atom. The highest BCUT2D eigenvalue weighted by molar-refractivity contribution is 9.10. The number of nitrogens with zero attached hydrogens (tertiary/aromatic N) is 2. The summed E-state index contributed by atoms with van der Waals surface area (Å²) < 4.78 is 2.97. The van der Waals surface area contributed by atoms with Crippen molar-refractivity contribution in [3.05, 3.63) is 46.7 Å². The molecule has 0 atom stereocenters. The molecule has 0 spiro atoms. The molecule has 0 amide bonds. The minimum Gasteiger partial charge on any atom is -0.310 e. The van der Waals surface area contributed by atoms with Crippen molar-refractivity contribution in [2.45, 2.75) is 25.4 Å². The predicted octanol–water partition coefficient (Wildman–Crippen LogP) is 2.89. The van der Waals surface area contributed by atoms with E-state index in [0.717, 1.165) is 22.7 Å². The molecule has 0 radical (unpaired) electrons. The number of rotatable bonds is 4. The van der Waals surface area contributed by atoms with Gasteiger partial charge in [-0.1, -0.05) is 12.1 Å². The Labute approximate surface area is 109 Å². The van der Waals surface area contributed by atoms with Gasteiger partial charge in [0.05, 0.1) is 11.9 Å².